The lowest BCUT2D eigenvalue weighted by Crippen LogP contribution is -2.28. The molecule has 0 spiro atoms. The third-order valence-corrected chi connectivity index (χ3v) is 3.84. The number of hydrogen-bond acceptors (Lipinski definition) is 6. The number of aliphatic hydroxyl groups is 2. The highest BCUT2D eigenvalue weighted by Gasteiger charge is 2.34. The summed E-state index contributed by atoms with van der Waals surface area (Å²) < 4.78 is 6.79. The Morgan fingerprint density at radius 1 is 1.30 bits per heavy atom. The Labute approximate surface area is 133 Å². The predicted molar refractivity (Wildman–Crippen MR) is 83.9 cm³/mol. The maximum Gasteiger partial charge on any atom is 0.351 e. The van der Waals surface area contributed by atoms with Crippen molar-refractivity contribution in [2.45, 2.75) is 31.4 Å². The minimum Gasteiger partial charge on any atom is -0.394 e. The molecule has 2 aromatic rings. The number of nitrogens with zero attached hydrogens (tertiary/aromatic N) is 2. The van der Waals surface area contributed by atoms with Crippen LogP contribution < -0.4 is 11.0 Å². The molecule has 3 N–H and O–H groups in total. The zero-order chi connectivity index (χ0) is 16.2. The normalized spacial score (nSPS) is 23.8. The highest BCUT2D eigenvalue weighted by atomic mass is 16.5. The lowest BCUT2D eigenvalue weighted by atomic mass is 10.2. The monoisotopic (exact) mass is 317 g/mol. The number of anilines is 1. The van der Waals surface area contributed by atoms with E-state index in [9.17, 15) is 9.90 Å². The molecule has 122 valence electrons. The number of ether oxygens (including phenoxy) is 1. The van der Waals surface area contributed by atoms with Crippen LogP contribution in [0.1, 0.15) is 18.2 Å². The fraction of sp³-hybridized carbons (Fsp3) is 0.375. The Bertz CT molecular complexity index is 704. The number of hydrogen-bond donors (Lipinski definition) is 3. The first-order valence-corrected chi connectivity index (χ1v) is 7.49. The van der Waals surface area contributed by atoms with Gasteiger partial charge in [-0.2, -0.15) is 4.98 Å². The van der Waals surface area contributed by atoms with Crippen molar-refractivity contribution in [3.63, 3.8) is 0 Å². The van der Waals surface area contributed by atoms with Gasteiger partial charge in [0.25, 0.3) is 0 Å². The molecule has 0 amide bonds. The molecule has 7 nitrogen and oxygen atoms in total. The molecule has 1 aromatic heterocycles. The molecule has 0 aliphatic carbocycles. The van der Waals surface area contributed by atoms with Crippen LogP contribution in [0.15, 0.2) is 47.4 Å². The third-order valence-electron chi connectivity index (χ3n) is 3.84. The van der Waals surface area contributed by atoms with Crippen molar-refractivity contribution in [1.29, 1.82) is 0 Å². The molecule has 1 aromatic carbocycles. The van der Waals surface area contributed by atoms with Gasteiger partial charge in [0.2, 0.25) is 0 Å². The Morgan fingerprint density at radius 2 is 2.09 bits per heavy atom. The van der Waals surface area contributed by atoms with E-state index in [1.54, 1.807) is 12.3 Å². The zero-order valence-corrected chi connectivity index (χ0v) is 12.5. The molecule has 0 bridgehead atoms. The summed E-state index contributed by atoms with van der Waals surface area (Å²) in [5.74, 6) is 0.479. The van der Waals surface area contributed by atoms with Crippen molar-refractivity contribution in [1.82, 2.24) is 9.55 Å². The number of aromatic nitrogens is 2. The number of aliphatic hydroxyl groups excluding tert-OH is 2. The van der Waals surface area contributed by atoms with Gasteiger partial charge in [-0.05, 0) is 11.6 Å². The second-order valence-corrected chi connectivity index (χ2v) is 5.46. The topological polar surface area (TPSA) is 96.6 Å². The van der Waals surface area contributed by atoms with Crippen LogP contribution in [0.3, 0.4) is 0 Å². The van der Waals surface area contributed by atoms with Crippen LogP contribution in [0.25, 0.3) is 0 Å². The van der Waals surface area contributed by atoms with Gasteiger partial charge in [-0.15, -0.1) is 0 Å². The van der Waals surface area contributed by atoms with Gasteiger partial charge >= 0.3 is 5.69 Å². The van der Waals surface area contributed by atoms with Gasteiger partial charge in [-0.1, -0.05) is 30.3 Å². The van der Waals surface area contributed by atoms with Gasteiger partial charge in [0.1, 0.15) is 18.1 Å². The molecule has 0 unspecified atom stereocenters. The fourth-order valence-corrected chi connectivity index (χ4v) is 2.57. The van der Waals surface area contributed by atoms with Gasteiger partial charge < -0.3 is 20.3 Å². The van der Waals surface area contributed by atoms with Crippen molar-refractivity contribution < 1.29 is 14.9 Å². The van der Waals surface area contributed by atoms with E-state index >= 15 is 0 Å². The second-order valence-electron chi connectivity index (χ2n) is 5.46. The largest absolute Gasteiger partial charge is 0.394 e. The second kappa shape index (κ2) is 6.91. The van der Waals surface area contributed by atoms with Gasteiger partial charge in [0.15, 0.2) is 0 Å². The van der Waals surface area contributed by atoms with Crippen molar-refractivity contribution >= 4 is 5.82 Å². The quantitative estimate of drug-likeness (QED) is 0.743. The van der Waals surface area contributed by atoms with Gasteiger partial charge in [0.05, 0.1) is 12.7 Å². The van der Waals surface area contributed by atoms with E-state index in [1.165, 1.54) is 4.57 Å². The summed E-state index contributed by atoms with van der Waals surface area (Å²) in [4.78, 5) is 16.1. The average molecular weight is 317 g/mol. The number of rotatable bonds is 5. The Kier molecular flexibility index (Phi) is 4.71. The van der Waals surface area contributed by atoms with E-state index < -0.39 is 24.1 Å². The Morgan fingerprint density at radius 3 is 2.74 bits per heavy atom. The maximum absolute atomic E-state index is 12.1. The molecular formula is C16H19N3O4. The average Bonchev–Trinajstić information content (AvgIpc) is 2.94. The highest BCUT2D eigenvalue weighted by Crippen LogP contribution is 2.27. The van der Waals surface area contributed by atoms with Crippen molar-refractivity contribution in [3.8, 4) is 0 Å². The Balaban J connectivity index is 1.68. The summed E-state index contributed by atoms with van der Waals surface area (Å²) in [7, 11) is 0. The SMILES string of the molecule is O=c1nc(NCc2ccccc2)ccn1[C@H]1C[C@H](O)[C@@H](CO)O1. The minimum atomic E-state index is -0.784. The van der Waals surface area contributed by atoms with E-state index in [4.69, 9.17) is 9.84 Å². The smallest absolute Gasteiger partial charge is 0.351 e. The number of nitrogens with one attached hydrogen (secondary N) is 1. The van der Waals surface area contributed by atoms with Crippen LogP contribution in [0.2, 0.25) is 0 Å². The summed E-state index contributed by atoms with van der Waals surface area (Å²) in [6.07, 6.45) is -0.218. The van der Waals surface area contributed by atoms with E-state index in [-0.39, 0.29) is 13.0 Å². The molecule has 3 rings (SSSR count). The first-order chi connectivity index (χ1) is 11.2. The van der Waals surface area contributed by atoms with Gasteiger partial charge in [-0.3, -0.25) is 4.57 Å². The number of benzene rings is 1. The molecule has 1 saturated heterocycles. The molecule has 7 heteroatoms. The van der Waals surface area contributed by atoms with Crippen LogP contribution >= 0.6 is 0 Å². The lowest BCUT2D eigenvalue weighted by Gasteiger charge is -2.14. The molecule has 0 saturated carbocycles. The van der Waals surface area contributed by atoms with Crippen LogP contribution in [-0.2, 0) is 11.3 Å². The van der Waals surface area contributed by atoms with Crippen LogP contribution in [0, 0.1) is 0 Å². The molecular weight excluding hydrogens is 298 g/mol. The maximum atomic E-state index is 12.1. The van der Waals surface area contributed by atoms with Crippen molar-refractivity contribution in [2.24, 2.45) is 0 Å². The van der Waals surface area contributed by atoms with Gasteiger partial charge in [-0.25, -0.2) is 4.79 Å². The molecule has 23 heavy (non-hydrogen) atoms. The molecule has 1 aliphatic heterocycles. The van der Waals surface area contributed by atoms with E-state index in [1.807, 2.05) is 30.3 Å². The molecule has 0 radical (unpaired) electrons. The first-order valence-electron chi connectivity index (χ1n) is 7.49. The third kappa shape index (κ3) is 3.58. The molecule has 1 fully saturated rings. The van der Waals surface area contributed by atoms with E-state index in [0.717, 1.165) is 5.56 Å². The minimum absolute atomic E-state index is 0.254. The van der Waals surface area contributed by atoms with Gasteiger partial charge in [0, 0.05) is 19.2 Å². The zero-order valence-electron chi connectivity index (χ0n) is 12.5. The van der Waals surface area contributed by atoms with E-state index in [0.29, 0.717) is 12.4 Å². The van der Waals surface area contributed by atoms with Crippen molar-refractivity contribution in [2.75, 3.05) is 11.9 Å². The Hall–Kier alpha value is -2.22. The highest BCUT2D eigenvalue weighted by molar-refractivity contribution is 5.33. The van der Waals surface area contributed by atoms with E-state index in [2.05, 4.69) is 10.3 Å². The molecule has 2 heterocycles. The summed E-state index contributed by atoms with van der Waals surface area (Å²) in [5, 5.41) is 21.9. The first kappa shape index (κ1) is 15.7. The van der Waals surface area contributed by atoms with Crippen molar-refractivity contribution in [3.05, 3.63) is 58.6 Å². The summed E-state index contributed by atoms with van der Waals surface area (Å²) in [6.45, 7) is 0.291. The summed E-state index contributed by atoms with van der Waals surface area (Å²) >= 11 is 0. The summed E-state index contributed by atoms with van der Waals surface area (Å²) in [6, 6.07) is 11.5. The molecule has 1 aliphatic rings. The standard InChI is InChI=1S/C16H19N3O4/c20-10-13-12(21)8-15(23-13)19-7-6-14(18-16(19)22)17-9-11-4-2-1-3-5-11/h1-7,12-13,15,20-21H,8-10H2,(H,17,18,22)/t12-,13+,15+/m0/s1. The molecule has 3 atom stereocenters. The predicted octanol–water partition coefficient (Wildman–Crippen LogP) is 0.496. The fourth-order valence-electron chi connectivity index (χ4n) is 2.57. The van der Waals surface area contributed by atoms with Crippen LogP contribution in [0.5, 0.6) is 0 Å². The lowest BCUT2D eigenvalue weighted by molar-refractivity contribution is -0.0458. The van der Waals surface area contributed by atoms with Crippen LogP contribution in [-0.4, -0.2) is 38.6 Å². The van der Waals surface area contributed by atoms with Crippen LogP contribution in [0.4, 0.5) is 5.82 Å². The summed E-state index contributed by atoms with van der Waals surface area (Å²) in [5.41, 5.74) is 0.630.